The second kappa shape index (κ2) is 8.90. The highest BCUT2D eigenvalue weighted by molar-refractivity contribution is 7.80. The molecule has 0 radical (unpaired) electrons. The zero-order valence-corrected chi connectivity index (χ0v) is 14.2. The number of nitrogens with one attached hydrogen (secondary N) is 3. The summed E-state index contributed by atoms with van der Waals surface area (Å²) in [5.41, 5.74) is 6.29. The van der Waals surface area contributed by atoms with Crippen LogP contribution in [0.25, 0.3) is 0 Å². The van der Waals surface area contributed by atoms with Crippen LogP contribution in [0.15, 0.2) is 48.5 Å². The molecule has 0 spiro atoms. The predicted octanol–water partition coefficient (Wildman–Crippen LogP) is 1.47. The Morgan fingerprint density at radius 1 is 1.22 bits per heavy atom. The van der Waals surface area contributed by atoms with Gasteiger partial charge in [0.05, 0.1) is 0 Å². The van der Waals surface area contributed by atoms with Crippen LogP contribution in [-0.4, -0.2) is 17.9 Å². The van der Waals surface area contributed by atoms with E-state index in [9.17, 15) is 0 Å². The van der Waals surface area contributed by atoms with Crippen molar-refractivity contribution in [1.29, 1.82) is 0 Å². The lowest BCUT2D eigenvalue weighted by Gasteiger charge is -2.07. The maximum absolute atomic E-state index is 5.85. The molecule has 0 fully saturated rings. The molecule has 2 aromatic carbocycles. The standard InChI is InChI=1S/C18H21N3OS/c1-3-19-18(23)21-20-12-15-7-5-9-17(11-15)22-13-16-8-4-6-14(2)10-16/h4-12H,3,13H2,1-2H3,(H2,19,21,23)/p+1. The van der Waals surface area contributed by atoms with E-state index in [0.29, 0.717) is 11.7 Å². The average molecular weight is 328 g/mol. The summed E-state index contributed by atoms with van der Waals surface area (Å²) in [6.45, 7) is 5.42. The van der Waals surface area contributed by atoms with Gasteiger partial charge >= 0.3 is 0 Å². The molecule has 2 aromatic rings. The maximum atomic E-state index is 5.85. The first-order chi connectivity index (χ1) is 11.2. The molecule has 0 aliphatic rings. The fourth-order valence-corrected chi connectivity index (χ4v) is 2.26. The molecule has 3 N–H and O–H groups in total. The molecule has 2 rings (SSSR count). The Bertz CT molecular complexity index is 685. The molecule has 0 aromatic heterocycles. The lowest BCUT2D eigenvalue weighted by molar-refractivity contribution is -0.500. The Morgan fingerprint density at radius 2 is 2.04 bits per heavy atom. The fraction of sp³-hybridized carbons (Fsp3) is 0.222. The molecular formula is C18H22N3OS+. The van der Waals surface area contributed by atoms with Gasteiger partial charge in [-0.3, -0.25) is 0 Å². The van der Waals surface area contributed by atoms with Gasteiger partial charge in [-0.1, -0.05) is 35.9 Å². The summed E-state index contributed by atoms with van der Waals surface area (Å²) >= 11 is 5.07. The quantitative estimate of drug-likeness (QED) is 0.427. The van der Waals surface area contributed by atoms with Crippen LogP contribution in [0, 0.1) is 6.92 Å². The van der Waals surface area contributed by atoms with Crippen molar-refractivity contribution in [2.75, 3.05) is 6.54 Å². The van der Waals surface area contributed by atoms with E-state index in [2.05, 4.69) is 41.0 Å². The van der Waals surface area contributed by atoms with Gasteiger partial charge in [-0.05, 0) is 49.8 Å². The highest BCUT2D eigenvalue weighted by atomic mass is 32.1. The molecule has 23 heavy (non-hydrogen) atoms. The minimum atomic E-state index is 0.557. The molecule has 120 valence electrons. The SMILES string of the molecule is CCNC(=S)N[NH+]=Cc1cccc(OCc2cccc(C)c2)c1. The van der Waals surface area contributed by atoms with E-state index in [-0.39, 0.29) is 0 Å². The largest absolute Gasteiger partial charge is 0.489 e. The van der Waals surface area contributed by atoms with Gasteiger partial charge in [0.15, 0.2) is 6.21 Å². The zero-order valence-electron chi connectivity index (χ0n) is 13.4. The number of hydrogen-bond donors (Lipinski definition) is 3. The van der Waals surface area contributed by atoms with Crippen molar-refractivity contribution in [3.05, 3.63) is 65.2 Å². The Balaban J connectivity index is 1.91. The Hall–Kier alpha value is -2.40. The molecule has 0 bridgehead atoms. The smallest absolute Gasteiger partial charge is 0.223 e. The summed E-state index contributed by atoms with van der Waals surface area (Å²) in [4.78, 5) is 0. The number of ether oxygens (including phenoxy) is 1. The molecule has 0 atom stereocenters. The van der Waals surface area contributed by atoms with Crippen LogP contribution in [0.4, 0.5) is 0 Å². The Labute approximate surface area is 142 Å². The minimum Gasteiger partial charge on any atom is -0.489 e. The van der Waals surface area contributed by atoms with Gasteiger partial charge in [-0.25, -0.2) is 0 Å². The summed E-state index contributed by atoms with van der Waals surface area (Å²) in [5, 5.41) is 6.53. The van der Waals surface area contributed by atoms with Gasteiger partial charge < -0.3 is 10.1 Å². The molecule has 0 saturated carbocycles. The third kappa shape index (κ3) is 6.08. The van der Waals surface area contributed by atoms with Gasteiger partial charge in [0.1, 0.15) is 12.4 Å². The van der Waals surface area contributed by atoms with Gasteiger partial charge in [0.25, 0.3) is 0 Å². The van der Waals surface area contributed by atoms with Crippen molar-refractivity contribution in [1.82, 2.24) is 10.7 Å². The predicted molar refractivity (Wildman–Crippen MR) is 97.5 cm³/mol. The number of rotatable bonds is 6. The fourth-order valence-electron chi connectivity index (χ4n) is 2.05. The molecular weight excluding hydrogens is 306 g/mol. The maximum Gasteiger partial charge on any atom is 0.223 e. The van der Waals surface area contributed by atoms with Crippen molar-refractivity contribution in [2.24, 2.45) is 0 Å². The number of hydrazine groups is 1. The first-order valence-electron chi connectivity index (χ1n) is 7.58. The summed E-state index contributed by atoms with van der Waals surface area (Å²) in [6.07, 6.45) is 1.84. The summed E-state index contributed by atoms with van der Waals surface area (Å²) in [6, 6.07) is 16.2. The van der Waals surface area contributed by atoms with Crippen LogP contribution >= 0.6 is 12.2 Å². The second-order valence-electron chi connectivity index (χ2n) is 5.12. The zero-order chi connectivity index (χ0) is 16.5. The first kappa shape index (κ1) is 17.0. The summed E-state index contributed by atoms with van der Waals surface area (Å²) < 4.78 is 5.85. The van der Waals surface area contributed by atoms with Crippen molar-refractivity contribution in [3.63, 3.8) is 0 Å². The molecule has 0 unspecified atom stereocenters. The first-order valence-corrected chi connectivity index (χ1v) is 7.99. The average Bonchev–Trinajstić information content (AvgIpc) is 2.54. The third-order valence-corrected chi connectivity index (χ3v) is 3.35. The van der Waals surface area contributed by atoms with Gasteiger partial charge in [-0.2, -0.15) is 0 Å². The topological polar surface area (TPSA) is 47.3 Å². The lowest BCUT2D eigenvalue weighted by Crippen LogP contribution is -2.82. The van der Waals surface area contributed by atoms with Crippen molar-refractivity contribution < 1.29 is 9.84 Å². The van der Waals surface area contributed by atoms with Crippen molar-refractivity contribution >= 4 is 23.5 Å². The number of aryl methyl sites for hydroxylation is 1. The highest BCUT2D eigenvalue weighted by Gasteiger charge is 2.00. The summed E-state index contributed by atoms with van der Waals surface area (Å²) in [5.74, 6) is 0.830. The minimum absolute atomic E-state index is 0.557. The second-order valence-corrected chi connectivity index (χ2v) is 5.53. The van der Waals surface area contributed by atoms with E-state index in [0.717, 1.165) is 23.4 Å². The Kier molecular flexibility index (Phi) is 6.56. The van der Waals surface area contributed by atoms with Gasteiger partial charge in [0, 0.05) is 12.1 Å². The molecule has 0 saturated heterocycles. The van der Waals surface area contributed by atoms with Crippen LogP contribution < -0.4 is 20.6 Å². The van der Waals surface area contributed by atoms with Crippen LogP contribution in [0.5, 0.6) is 5.75 Å². The van der Waals surface area contributed by atoms with Crippen LogP contribution in [0.3, 0.4) is 0 Å². The van der Waals surface area contributed by atoms with Crippen LogP contribution in [0.2, 0.25) is 0 Å². The van der Waals surface area contributed by atoms with Crippen LogP contribution in [-0.2, 0) is 6.61 Å². The molecule has 0 aliphatic heterocycles. The number of thiocarbonyl (C=S) groups is 1. The van der Waals surface area contributed by atoms with E-state index in [4.69, 9.17) is 17.0 Å². The third-order valence-electron chi connectivity index (χ3n) is 3.11. The van der Waals surface area contributed by atoms with E-state index in [1.807, 2.05) is 43.5 Å². The van der Waals surface area contributed by atoms with E-state index in [1.165, 1.54) is 5.56 Å². The molecule has 0 aliphatic carbocycles. The summed E-state index contributed by atoms with van der Waals surface area (Å²) in [7, 11) is 0. The Morgan fingerprint density at radius 3 is 2.83 bits per heavy atom. The normalized spacial score (nSPS) is 10.5. The van der Waals surface area contributed by atoms with Crippen molar-refractivity contribution in [2.45, 2.75) is 20.5 Å². The van der Waals surface area contributed by atoms with Gasteiger partial charge in [0.2, 0.25) is 5.11 Å². The van der Waals surface area contributed by atoms with E-state index < -0.39 is 0 Å². The highest BCUT2D eigenvalue weighted by Crippen LogP contribution is 2.14. The van der Waals surface area contributed by atoms with E-state index in [1.54, 1.807) is 0 Å². The van der Waals surface area contributed by atoms with E-state index >= 15 is 0 Å². The van der Waals surface area contributed by atoms with Gasteiger partial charge in [-0.15, -0.1) is 10.5 Å². The van der Waals surface area contributed by atoms with Crippen molar-refractivity contribution in [3.8, 4) is 5.75 Å². The monoisotopic (exact) mass is 328 g/mol. The molecule has 5 heteroatoms. The number of hydrogen-bond acceptors (Lipinski definition) is 2. The molecule has 4 nitrogen and oxygen atoms in total. The molecule has 0 heterocycles. The lowest BCUT2D eigenvalue weighted by atomic mass is 10.1. The number of benzene rings is 2. The number of hydrazone groups is 1. The van der Waals surface area contributed by atoms with Crippen LogP contribution in [0.1, 0.15) is 23.6 Å². The molecule has 0 amide bonds.